The highest BCUT2D eigenvalue weighted by Crippen LogP contribution is 1.87. The lowest BCUT2D eigenvalue weighted by Gasteiger charge is -2.14. The molecule has 5 N–H and O–H groups in total. The summed E-state index contributed by atoms with van der Waals surface area (Å²) in [6, 6.07) is -2.17. The summed E-state index contributed by atoms with van der Waals surface area (Å²) in [5, 5.41) is 19.0. The van der Waals surface area contributed by atoms with Crippen molar-refractivity contribution in [2.24, 2.45) is 5.73 Å². The van der Waals surface area contributed by atoms with E-state index >= 15 is 0 Å². The van der Waals surface area contributed by atoms with Crippen molar-refractivity contribution < 1.29 is 19.8 Å². The molecule has 0 aromatic rings. The number of aliphatic carboxylic acids is 1. The Morgan fingerprint density at radius 3 is 2.38 bits per heavy atom. The van der Waals surface area contributed by atoms with E-state index in [9.17, 15) is 9.59 Å². The Bertz CT molecular complexity index is 199. The van der Waals surface area contributed by atoms with Gasteiger partial charge in [0.2, 0.25) is 5.91 Å². The number of thiol groups is 1. The zero-order chi connectivity index (χ0) is 10.4. The molecule has 76 valence electrons. The zero-order valence-electron chi connectivity index (χ0n) is 6.80. The molecule has 13 heavy (non-hydrogen) atoms. The van der Waals surface area contributed by atoms with E-state index < -0.39 is 30.6 Å². The molecular formula is C6H12N2O4S. The fourth-order valence-electron chi connectivity index (χ4n) is 0.547. The number of carboxylic acids is 1. The minimum atomic E-state index is -1.31. The van der Waals surface area contributed by atoms with E-state index in [4.69, 9.17) is 15.9 Å². The van der Waals surface area contributed by atoms with Crippen molar-refractivity contribution in [3.05, 3.63) is 0 Å². The van der Waals surface area contributed by atoms with Crippen LogP contribution in [0.3, 0.4) is 0 Å². The van der Waals surface area contributed by atoms with Crippen molar-refractivity contribution in [1.82, 2.24) is 5.32 Å². The van der Waals surface area contributed by atoms with Crippen molar-refractivity contribution in [3.63, 3.8) is 0 Å². The molecule has 2 atom stereocenters. The maximum atomic E-state index is 11.0. The summed E-state index contributed by atoms with van der Waals surface area (Å²) < 4.78 is 0. The molecule has 0 fully saturated rings. The lowest BCUT2D eigenvalue weighted by atomic mass is 10.2. The first-order valence-corrected chi connectivity index (χ1v) is 4.16. The van der Waals surface area contributed by atoms with Crippen LogP contribution in [0, 0.1) is 0 Å². The van der Waals surface area contributed by atoms with Gasteiger partial charge in [0.05, 0.1) is 12.6 Å². The number of hydrogen-bond acceptors (Lipinski definition) is 5. The lowest BCUT2D eigenvalue weighted by molar-refractivity contribution is -0.143. The van der Waals surface area contributed by atoms with Gasteiger partial charge in [0.15, 0.2) is 0 Å². The summed E-state index contributed by atoms with van der Waals surface area (Å²) in [6.07, 6.45) is 0. The molecular weight excluding hydrogens is 196 g/mol. The molecule has 0 aliphatic heterocycles. The van der Waals surface area contributed by atoms with Gasteiger partial charge in [-0.15, -0.1) is 0 Å². The van der Waals surface area contributed by atoms with Crippen LogP contribution in [0.25, 0.3) is 0 Å². The molecule has 6 nitrogen and oxygen atoms in total. The van der Waals surface area contributed by atoms with Crippen LogP contribution in [0.1, 0.15) is 0 Å². The summed E-state index contributed by atoms with van der Waals surface area (Å²) in [7, 11) is 0. The Morgan fingerprint density at radius 1 is 1.54 bits per heavy atom. The topological polar surface area (TPSA) is 113 Å². The number of carbonyl (C=O) groups is 2. The Kier molecular flexibility index (Phi) is 5.44. The lowest BCUT2D eigenvalue weighted by Crippen LogP contribution is -2.50. The Labute approximate surface area is 80.5 Å². The minimum absolute atomic E-state index is 0.115. The summed E-state index contributed by atoms with van der Waals surface area (Å²) in [4.78, 5) is 21.3. The number of nitrogens with two attached hydrogens (primary N) is 1. The van der Waals surface area contributed by atoms with Crippen LogP contribution in [0.15, 0.2) is 0 Å². The van der Waals surface area contributed by atoms with Gasteiger partial charge >= 0.3 is 5.97 Å². The number of carboxylic acid groups (broad SMARTS) is 1. The molecule has 7 heteroatoms. The Hall–Kier alpha value is -0.790. The highest BCUT2D eigenvalue weighted by Gasteiger charge is 2.21. The van der Waals surface area contributed by atoms with E-state index in [0.717, 1.165) is 0 Å². The predicted molar refractivity (Wildman–Crippen MR) is 48.5 cm³/mol. The summed E-state index contributed by atoms with van der Waals surface area (Å²) in [6.45, 7) is -0.666. The van der Waals surface area contributed by atoms with Gasteiger partial charge in [-0.05, 0) is 0 Å². The minimum Gasteiger partial charge on any atom is -0.480 e. The van der Waals surface area contributed by atoms with Crippen LogP contribution in [-0.4, -0.2) is 46.5 Å². The van der Waals surface area contributed by atoms with E-state index in [1.165, 1.54) is 0 Å². The number of hydrogen-bond donors (Lipinski definition) is 5. The van der Waals surface area contributed by atoms with Gasteiger partial charge in [-0.3, -0.25) is 4.79 Å². The molecule has 2 unspecified atom stereocenters. The van der Waals surface area contributed by atoms with Gasteiger partial charge in [-0.2, -0.15) is 12.6 Å². The van der Waals surface area contributed by atoms with E-state index in [0.29, 0.717) is 0 Å². The molecule has 0 aromatic heterocycles. The van der Waals surface area contributed by atoms with Gasteiger partial charge < -0.3 is 21.3 Å². The molecule has 0 aromatic carbocycles. The zero-order valence-corrected chi connectivity index (χ0v) is 7.70. The molecule has 0 spiro atoms. The fourth-order valence-corrected chi connectivity index (χ4v) is 0.713. The third-order valence-electron chi connectivity index (χ3n) is 1.33. The van der Waals surface area contributed by atoms with Crippen molar-refractivity contribution in [3.8, 4) is 0 Å². The molecule has 0 aliphatic carbocycles. The van der Waals surface area contributed by atoms with Crippen LogP contribution < -0.4 is 11.1 Å². The third kappa shape index (κ3) is 4.11. The van der Waals surface area contributed by atoms with Gasteiger partial charge in [0.25, 0.3) is 0 Å². The second-order valence-electron chi connectivity index (χ2n) is 2.37. The van der Waals surface area contributed by atoms with Crippen molar-refractivity contribution >= 4 is 24.5 Å². The first kappa shape index (κ1) is 12.2. The summed E-state index contributed by atoms with van der Waals surface area (Å²) in [5.41, 5.74) is 5.26. The molecule has 0 saturated carbocycles. The number of rotatable bonds is 5. The van der Waals surface area contributed by atoms with Crippen LogP contribution in [-0.2, 0) is 9.59 Å². The highest BCUT2D eigenvalue weighted by atomic mass is 32.1. The van der Waals surface area contributed by atoms with Gasteiger partial charge in [-0.1, -0.05) is 0 Å². The normalized spacial score (nSPS) is 14.7. The average Bonchev–Trinajstić information content (AvgIpc) is 2.11. The smallest absolute Gasteiger partial charge is 0.328 e. The Balaban J connectivity index is 4.09. The van der Waals surface area contributed by atoms with E-state index in [2.05, 4.69) is 17.9 Å². The maximum Gasteiger partial charge on any atom is 0.328 e. The molecule has 0 aliphatic rings. The van der Waals surface area contributed by atoms with Crippen LogP contribution in [0.4, 0.5) is 0 Å². The van der Waals surface area contributed by atoms with E-state index in [1.807, 2.05) is 0 Å². The molecule has 1 amide bonds. The van der Waals surface area contributed by atoms with Crippen LogP contribution in [0.5, 0.6) is 0 Å². The second-order valence-corrected chi connectivity index (χ2v) is 2.74. The monoisotopic (exact) mass is 208 g/mol. The SMILES string of the molecule is NC(CS)C(=O)NC(CO)C(=O)O. The summed E-state index contributed by atoms with van der Waals surface area (Å²) in [5.74, 6) is -1.83. The Morgan fingerprint density at radius 2 is 2.08 bits per heavy atom. The van der Waals surface area contributed by atoms with Crippen molar-refractivity contribution in [2.75, 3.05) is 12.4 Å². The highest BCUT2D eigenvalue weighted by molar-refractivity contribution is 7.80. The average molecular weight is 208 g/mol. The van der Waals surface area contributed by atoms with Gasteiger partial charge in [-0.25, -0.2) is 4.79 Å². The van der Waals surface area contributed by atoms with Crippen LogP contribution >= 0.6 is 12.6 Å². The van der Waals surface area contributed by atoms with Crippen molar-refractivity contribution in [2.45, 2.75) is 12.1 Å². The van der Waals surface area contributed by atoms with Gasteiger partial charge in [0, 0.05) is 5.75 Å². The largest absolute Gasteiger partial charge is 0.480 e. The van der Waals surface area contributed by atoms with E-state index in [-0.39, 0.29) is 5.75 Å². The molecule has 0 saturated heterocycles. The van der Waals surface area contributed by atoms with Gasteiger partial charge in [0.1, 0.15) is 6.04 Å². The van der Waals surface area contributed by atoms with Crippen molar-refractivity contribution in [1.29, 1.82) is 0 Å². The van der Waals surface area contributed by atoms with Crippen LogP contribution in [0.2, 0.25) is 0 Å². The predicted octanol–water partition coefficient (Wildman–Crippen LogP) is -2.19. The fraction of sp³-hybridized carbons (Fsp3) is 0.667. The summed E-state index contributed by atoms with van der Waals surface area (Å²) >= 11 is 3.76. The number of aliphatic hydroxyl groups excluding tert-OH is 1. The standard InChI is InChI=1S/C6H12N2O4S/c7-3(2-13)5(10)8-4(1-9)6(11)12/h3-4,9,13H,1-2,7H2,(H,8,10)(H,11,12). The number of nitrogens with one attached hydrogen (secondary N) is 1. The van der Waals surface area contributed by atoms with E-state index in [1.54, 1.807) is 0 Å². The first-order valence-electron chi connectivity index (χ1n) is 3.53. The molecule has 0 heterocycles. The number of aliphatic hydroxyl groups is 1. The first-order chi connectivity index (χ1) is 6.02. The molecule has 0 radical (unpaired) electrons. The maximum absolute atomic E-state index is 11.0. The number of amides is 1. The molecule has 0 rings (SSSR count). The quantitative estimate of drug-likeness (QED) is 0.329. The second kappa shape index (κ2) is 5.79. The molecule has 0 bridgehead atoms. The number of carbonyl (C=O) groups excluding carboxylic acids is 1. The third-order valence-corrected chi connectivity index (χ3v) is 1.72.